The van der Waals surface area contributed by atoms with Crippen LogP contribution in [0.4, 0.5) is 5.82 Å². The van der Waals surface area contributed by atoms with Gasteiger partial charge >= 0.3 is 0 Å². The topological polar surface area (TPSA) is 72.0 Å². The summed E-state index contributed by atoms with van der Waals surface area (Å²) < 4.78 is 22.4. The zero-order chi connectivity index (χ0) is 15.0. The molecule has 1 aromatic rings. The van der Waals surface area contributed by atoms with Gasteiger partial charge in [0.05, 0.1) is 5.75 Å². The maximum atomic E-state index is 11.2. The molecular weight excluding hydrogens is 294 g/mol. The highest BCUT2D eigenvalue weighted by Crippen LogP contribution is 2.26. The molecule has 20 heavy (non-hydrogen) atoms. The molecule has 0 aliphatic carbocycles. The lowest BCUT2D eigenvalue weighted by molar-refractivity contribution is 0.603. The van der Waals surface area contributed by atoms with Crippen LogP contribution in [0, 0.1) is 0 Å². The number of anilines is 1. The summed E-state index contributed by atoms with van der Waals surface area (Å²) in [5.41, 5.74) is 1.10. The third-order valence-corrected chi connectivity index (χ3v) is 4.88. The van der Waals surface area contributed by atoms with Crippen molar-refractivity contribution in [3.63, 3.8) is 0 Å². The van der Waals surface area contributed by atoms with E-state index in [1.165, 1.54) is 18.0 Å². The summed E-state index contributed by atoms with van der Waals surface area (Å²) in [5.74, 6) is 1.58. The Morgan fingerprint density at radius 3 is 2.60 bits per heavy atom. The first-order valence-corrected chi connectivity index (χ1v) is 9.90. The van der Waals surface area contributed by atoms with Crippen molar-refractivity contribution in [1.29, 1.82) is 0 Å². The lowest BCUT2D eigenvalue weighted by Crippen LogP contribution is -2.09. The highest BCUT2D eigenvalue weighted by Gasteiger charge is 2.12. The van der Waals surface area contributed by atoms with Crippen LogP contribution in [-0.4, -0.2) is 42.7 Å². The highest BCUT2D eigenvalue weighted by molar-refractivity contribution is 8.00. The molecule has 0 aliphatic rings. The third-order valence-electron chi connectivity index (χ3n) is 2.64. The van der Waals surface area contributed by atoms with Crippen LogP contribution in [0.15, 0.2) is 11.4 Å². The fourth-order valence-electron chi connectivity index (χ4n) is 1.68. The van der Waals surface area contributed by atoms with Crippen molar-refractivity contribution < 1.29 is 8.42 Å². The lowest BCUT2D eigenvalue weighted by Gasteiger charge is -2.13. The third kappa shape index (κ3) is 6.09. The summed E-state index contributed by atoms with van der Waals surface area (Å²) in [7, 11) is -2.92. The molecule has 1 rings (SSSR count). The van der Waals surface area contributed by atoms with E-state index in [1.54, 1.807) is 6.33 Å². The van der Waals surface area contributed by atoms with Crippen LogP contribution < -0.4 is 5.32 Å². The van der Waals surface area contributed by atoms with Crippen LogP contribution >= 0.6 is 11.8 Å². The Bertz CT molecular complexity index is 518. The second-order valence-corrected chi connectivity index (χ2v) is 8.00. The Kier molecular flexibility index (Phi) is 7.29. The highest BCUT2D eigenvalue weighted by atomic mass is 32.2. The monoisotopic (exact) mass is 317 g/mol. The molecule has 0 aliphatic heterocycles. The van der Waals surface area contributed by atoms with Crippen molar-refractivity contribution in [3.05, 3.63) is 11.9 Å². The molecule has 0 unspecified atom stereocenters. The number of nitrogens with zero attached hydrogens (tertiary/aromatic N) is 2. The van der Waals surface area contributed by atoms with Gasteiger partial charge in [-0.05, 0) is 12.8 Å². The molecule has 114 valence electrons. The smallest absolute Gasteiger partial charge is 0.148 e. The number of rotatable bonds is 9. The number of aromatic nitrogens is 2. The van der Waals surface area contributed by atoms with Crippen molar-refractivity contribution >= 4 is 27.4 Å². The summed E-state index contributed by atoms with van der Waals surface area (Å²) in [6.45, 7) is 5.10. The minimum absolute atomic E-state index is 0.172. The molecule has 0 saturated heterocycles. The van der Waals surface area contributed by atoms with Gasteiger partial charge in [-0.1, -0.05) is 20.3 Å². The number of hydrogen-bond acceptors (Lipinski definition) is 6. The first-order chi connectivity index (χ1) is 9.48. The van der Waals surface area contributed by atoms with Gasteiger partial charge in [-0.15, -0.1) is 11.8 Å². The maximum absolute atomic E-state index is 11.2. The molecule has 0 atom stereocenters. The van der Waals surface area contributed by atoms with E-state index in [4.69, 9.17) is 0 Å². The van der Waals surface area contributed by atoms with Crippen LogP contribution in [0.1, 0.15) is 32.3 Å². The first kappa shape index (κ1) is 17.2. The molecule has 5 nitrogen and oxygen atoms in total. The Balaban J connectivity index is 2.82. The number of thioether (sulfide) groups is 1. The zero-order valence-electron chi connectivity index (χ0n) is 12.3. The normalized spacial score (nSPS) is 11.6. The van der Waals surface area contributed by atoms with E-state index in [0.717, 1.165) is 42.2 Å². The SMILES string of the molecule is CCCNc1ncnc(SCCS(C)(=O)=O)c1CCC. The fourth-order valence-corrected chi connectivity index (χ4v) is 3.91. The molecule has 1 aromatic heterocycles. The van der Waals surface area contributed by atoms with E-state index in [-0.39, 0.29) is 5.75 Å². The van der Waals surface area contributed by atoms with Crippen molar-refractivity contribution in [2.45, 2.75) is 38.1 Å². The zero-order valence-corrected chi connectivity index (χ0v) is 14.0. The first-order valence-electron chi connectivity index (χ1n) is 6.86. The molecule has 7 heteroatoms. The molecule has 1 N–H and O–H groups in total. The molecular formula is C13H23N3O2S2. The van der Waals surface area contributed by atoms with Crippen molar-refractivity contribution in [1.82, 2.24) is 9.97 Å². The van der Waals surface area contributed by atoms with Crippen molar-refractivity contribution in [3.8, 4) is 0 Å². The molecule has 1 heterocycles. The predicted molar refractivity (Wildman–Crippen MR) is 85.2 cm³/mol. The molecule has 0 fully saturated rings. The maximum Gasteiger partial charge on any atom is 0.148 e. The van der Waals surface area contributed by atoms with E-state index in [1.807, 2.05) is 0 Å². The average molecular weight is 317 g/mol. The molecule has 0 bridgehead atoms. The quantitative estimate of drug-likeness (QED) is 0.557. The van der Waals surface area contributed by atoms with Gasteiger partial charge in [-0.25, -0.2) is 18.4 Å². The van der Waals surface area contributed by atoms with E-state index in [9.17, 15) is 8.42 Å². The number of nitrogens with one attached hydrogen (secondary N) is 1. The lowest BCUT2D eigenvalue weighted by atomic mass is 10.2. The Labute approximate surface area is 125 Å². The standard InChI is InChI=1S/C13H23N3O2S2/c1-4-6-11-12(14-7-5-2)15-10-16-13(11)19-8-9-20(3,17)18/h10H,4-9H2,1-3H3,(H,14,15,16). The second kappa shape index (κ2) is 8.46. The summed E-state index contributed by atoms with van der Waals surface area (Å²) >= 11 is 1.49. The van der Waals surface area contributed by atoms with Gasteiger partial charge in [-0.3, -0.25) is 0 Å². The minimum atomic E-state index is -2.92. The fraction of sp³-hybridized carbons (Fsp3) is 0.692. The van der Waals surface area contributed by atoms with E-state index >= 15 is 0 Å². The molecule has 0 aromatic carbocycles. The van der Waals surface area contributed by atoms with Crippen LogP contribution in [0.25, 0.3) is 0 Å². The Morgan fingerprint density at radius 1 is 1.25 bits per heavy atom. The second-order valence-electron chi connectivity index (χ2n) is 4.66. The molecule has 0 radical (unpaired) electrons. The number of hydrogen-bond donors (Lipinski definition) is 1. The number of sulfone groups is 1. The van der Waals surface area contributed by atoms with E-state index in [0.29, 0.717) is 5.75 Å². The summed E-state index contributed by atoms with van der Waals surface area (Å²) in [6.07, 6.45) is 5.74. The molecule has 0 amide bonds. The largest absolute Gasteiger partial charge is 0.370 e. The van der Waals surface area contributed by atoms with Gasteiger partial charge in [0.25, 0.3) is 0 Å². The van der Waals surface area contributed by atoms with Gasteiger partial charge in [0.2, 0.25) is 0 Å². The Hall–Kier alpha value is -0.820. The van der Waals surface area contributed by atoms with Crippen molar-refractivity contribution in [2.75, 3.05) is 29.6 Å². The summed E-state index contributed by atoms with van der Waals surface area (Å²) in [5, 5.41) is 4.20. The van der Waals surface area contributed by atoms with Crippen molar-refractivity contribution in [2.24, 2.45) is 0 Å². The molecule has 0 spiro atoms. The van der Waals surface area contributed by atoms with Gasteiger partial charge in [0, 0.05) is 24.1 Å². The van der Waals surface area contributed by atoms with Crippen LogP contribution in [0.2, 0.25) is 0 Å². The predicted octanol–water partition coefficient (Wildman–Crippen LogP) is 2.39. The van der Waals surface area contributed by atoms with Crippen LogP contribution in [-0.2, 0) is 16.3 Å². The summed E-state index contributed by atoms with van der Waals surface area (Å²) in [6, 6.07) is 0. The van der Waals surface area contributed by atoms with Gasteiger partial charge < -0.3 is 5.32 Å². The van der Waals surface area contributed by atoms with E-state index in [2.05, 4.69) is 29.1 Å². The van der Waals surface area contributed by atoms with Gasteiger partial charge in [0.1, 0.15) is 27.0 Å². The van der Waals surface area contributed by atoms with Crippen LogP contribution in [0.5, 0.6) is 0 Å². The van der Waals surface area contributed by atoms with Gasteiger partial charge in [0.15, 0.2) is 0 Å². The molecule has 0 saturated carbocycles. The van der Waals surface area contributed by atoms with E-state index < -0.39 is 9.84 Å². The minimum Gasteiger partial charge on any atom is -0.370 e. The van der Waals surface area contributed by atoms with Crippen LogP contribution in [0.3, 0.4) is 0 Å². The average Bonchev–Trinajstić information content (AvgIpc) is 2.37. The van der Waals surface area contributed by atoms with Gasteiger partial charge in [-0.2, -0.15) is 0 Å². The Morgan fingerprint density at radius 2 is 2.00 bits per heavy atom. The summed E-state index contributed by atoms with van der Waals surface area (Å²) in [4.78, 5) is 8.60.